The van der Waals surface area contributed by atoms with Gasteiger partial charge < -0.3 is 0 Å². The van der Waals surface area contributed by atoms with E-state index in [0.717, 1.165) is 23.7 Å². The largest absolute Gasteiger partial charge is 0.274 e. The van der Waals surface area contributed by atoms with Crippen molar-refractivity contribution in [3.05, 3.63) is 27.7 Å². The fraction of sp³-hybridized carbons (Fsp3) is 0.467. The van der Waals surface area contributed by atoms with Crippen LogP contribution in [0.25, 0.3) is 0 Å². The second kappa shape index (κ2) is 4.31. The molecule has 3 nitrogen and oxygen atoms in total. The summed E-state index contributed by atoms with van der Waals surface area (Å²) in [4.78, 5) is 26.6. The molecular formula is C15H13BrClNO2. The van der Waals surface area contributed by atoms with Crippen molar-refractivity contribution >= 4 is 45.0 Å². The van der Waals surface area contributed by atoms with E-state index >= 15 is 0 Å². The van der Waals surface area contributed by atoms with Crippen LogP contribution in [0.4, 0.5) is 5.69 Å². The third-order valence-electron chi connectivity index (χ3n) is 5.09. The number of hydrogen-bond acceptors (Lipinski definition) is 2. The van der Waals surface area contributed by atoms with E-state index in [-0.39, 0.29) is 23.7 Å². The quantitative estimate of drug-likeness (QED) is 0.722. The molecule has 5 heteroatoms. The second-order valence-electron chi connectivity index (χ2n) is 6.00. The Hall–Kier alpha value is -0.870. The number of rotatable bonds is 1. The maximum atomic E-state index is 12.6. The average Bonchev–Trinajstić information content (AvgIpc) is 3.08. The fourth-order valence-electron chi connectivity index (χ4n) is 4.29. The summed E-state index contributed by atoms with van der Waals surface area (Å²) in [5.74, 6) is 0.623. The number of nitrogens with zero attached hydrogens (tertiary/aromatic N) is 1. The molecule has 104 valence electrons. The molecule has 2 aliphatic carbocycles. The fourth-order valence-corrected chi connectivity index (χ4v) is 4.71. The minimum absolute atomic E-state index is 0.0226. The number of benzene rings is 1. The van der Waals surface area contributed by atoms with Gasteiger partial charge in [0.2, 0.25) is 11.8 Å². The van der Waals surface area contributed by atoms with Gasteiger partial charge in [-0.1, -0.05) is 11.6 Å². The zero-order valence-corrected chi connectivity index (χ0v) is 13.0. The van der Waals surface area contributed by atoms with Crippen LogP contribution in [0.2, 0.25) is 5.02 Å². The number of anilines is 1. The van der Waals surface area contributed by atoms with E-state index in [1.807, 2.05) is 0 Å². The standard InChI is InChI=1S/C15H13BrClNO2/c16-10-4-3-9(6-11(10)17)18-14(19)12-7-1-2-8(5-7)13(12)15(18)20/h3-4,6-8,12-13H,1-2,5H2/t7-,8+,12-,13+. The monoisotopic (exact) mass is 353 g/mol. The number of halogens is 2. The summed E-state index contributed by atoms with van der Waals surface area (Å²) in [6.07, 6.45) is 3.25. The molecule has 20 heavy (non-hydrogen) atoms. The minimum Gasteiger partial charge on any atom is -0.274 e. The molecule has 3 aliphatic rings. The van der Waals surface area contributed by atoms with E-state index in [2.05, 4.69) is 15.9 Å². The summed E-state index contributed by atoms with van der Waals surface area (Å²) in [6.45, 7) is 0. The van der Waals surface area contributed by atoms with Gasteiger partial charge in [0, 0.05) is 4.47 Å². The van der Waals surface area contributed by atoms with Gasteiger partial charge in [0.05, 0.1) is 22.5 Å². The highest BCUT2D eigenvalue weighted by atomic mass is 79.9. The van der Waals surface area contributed by atoms with Crippen molar-refractivity contribution in [1.29, 1.82) is 0 Å². The van der Waals surface area contributed by atoms with Crippen molar-refractivity contribution in [2.45, 2.75) is 19.3 Å². The Kier molecular flexibility index (Phi) is 2.77. The summed E-state index contributed by atoms with van der Waals surface area (Å²) in [7, 11) is 0. The maximum Gasteiger partial charge on any atom is 0.237 e. The molecule has 4 atom stereocenters. The van der Waals surface area contributed by atoms with Crippen molar-refractivity contribution in [3.8, 4) is 0 Å². The van der Waals surface area contributed by atoms with Gasteiger partial charge in [0.1, 0.15) is 0 Å². The van der Waals surface area contributed by atoms with Gasteiger partial charge in [-0.3, -0.25) is 9.59 Å². The van der Waals surface area contributed by atoms with E-state index in [0.29, 0.717) is 22.5 Å². The first-order valence-electron chi connectivity index (χ1n) is 6.91. The third-order valence-corrected chi connectivity index (χ3v) is 6.32. The molecule has 4 rings (SSSR count). The molecule has 0 N–H and O–H groups in total. The van der Waals surface area contributed by atoms with Gasteiger partial charge in [-0.25, -0.2) is 4.90 Å². The lowest BCUT2D eigenvalue weighted by molar-refractivity contribution is -0.123. The van der Waals surface area contributed by atoms with Crippen LogP contribution in [0, 0.1) is 23.7 Å². The molecule has 0 aromatic heterocycles. The maximum absolute atomic E-state index is 12.6. The summed E-state index contributed by atoms with van der Waals surface area (Å²) in [5.41, 5.74) is 0.599. The van der Waals surface area contributed by atoms with Crippen LogP contribution >= 0.6 is 27.5 Å². The Morgan fingerprint density at radius 1 is 1.10 bits per heavy atom. The van der Waals surface area contributed by atoms with Crippen LogP contribution in [0.1, 0.15) is 19.3 Å². The smallest absolute Gasteiger partial charge is 0.237 e. The number of hydrogen-bond donors (Lipinski definition) is 0. The van der Waals surface area contributed by atoms with Gasteiger partial charge in [0.25, 0.3) is 0 Å². The van der Waals surface area contributed by atoms with Crippen LogP contribution < -0.4 is 4.90 Å². The van der Waals surface area contributed by atoms with Crippen LogP contribution in [0.15, 0.2) is 22.7 Å². The highest BCUT2D eigenvalue weighted by molar-refractivity contribution is 9.10. The molecule has 1 aromatic rings. The van der Waals surface area contributed by atoms with E-state index in [4.69, 9.17) is 11.6 Å². The molecule has 0 spiro atoms. The van der Waals surface area contributed by atoms with Gasteiger partial charge in [-0.05, 0) is 65.2 Å². The Labute approximate surface area is 130 Å². The SMILES string of the molecule is O=C1[C@@H]2[C@@H]3CC[C@@H](C3)[C@@H]2C(=O)N1c1ccc(Br)c(Cl)c1. The number of carbonyl (C=O) groups excluding carboxylic acids is 2. The molecule has 0 unspecified atom stereocenters. The van der Waals surface area contributed by atoms with Crippen LogP contribution in [0.5, 0.6) is 0 Å². The molecule has 2 saturated carbocycles. The minimum atomic E-state index is -0.0799. The molecule has 2 amide bonds. The van der Waals surface area contributed by atoms with Gasteiger partial charge in [0.15, 0.2) is 0 Å². The first kappa shape index (κ1) is 12.8. The topological polar surface area (TPSA) is 37.4 Å². The predicted molar refractivity (Wildman–Crippen MR) is 79.5 cm³/mol. The molecule has 2 bridgehead atoms. The third kappa shape index (κ3) is 1.58. The summed E-state index contributed by atoms with van der Waals surface area (Å²) >= 11 is 9.41. The molecule has 1 heterocycles. The van der Waals surface area contributed by atoms with Crippen LogP contribution in [-0.2, 0) is 9.59 Å². The first-order valence-corrected chi connectivity index (χ1v) is 8.08. The van der Waals surface area contributed by atoms with Crippen molar-refractivity contribution in [2.24, 2.45) is 23.7 Å². The zero-order chi connectivity index (χ0) is 14.0. The Balaban J connectivity index is 1.74. The van der Waals surface area contributed by atoms with E-state index in [9.17, 15) is 9.59 Å². The van der Waals surface area contributed by atoms with Crippen molar-refractivity contribution in [3.63, 3.8) is 0 Å². The zero-order valence-electron chi connectivity index (χ0n) is 10.7. The number of fused-ring (bicyclic) bond motifs is 5. The van der Waals surface area contributed by atoms with Gasteiger partial charge in [-0.2, -0.15) is 0 Å². The second-order valence-corrected chi connectivity index (χ2v) is 7.26. The van der Waals surface area contributed by atoms with Crippen molar-refractivity contribution in [1.82, 2.24) is 0 Å². The van der Waals surface area contributed by atoms with Gasteiger partial charge in [-0.15, -0.1) is 0 Å². The van der Waals surface area contributed by atoms with Crippen molar-refractivity contribution in [2.75, 3.05) is 4.90 Å². The lowest BCUT2D eigenvalue weighted by atomic mass is 9.81. The molecule has 0 radical (unpaired) electrons. The molecule has 1 aromatic carbocycles. The van der Waals surface area contributed by atoms with E-state index < -0.39 is 0 Å². The van der Waals surface area contributed by atoms with Crippen LogP contribution in [0.3, 0.4) is 0 Å². The Bertz CT molecular complexity index is 604. The summed E-state index contributed by atoms with van der Waals surface area (Å²) in [5, 5.41) is 0.517. The summed E-state index contributed by atoms with van der Waals surface area (Å²) in [6, 6.07) is 5.24. The summed E-state index contributed by atoms with van der Waals surface area (Å²) < 4.78 is 0.766. The molecule has 1 aliphatic heterocycles. The molecular weight excluding hydrogens is 342 g/mol. The first-order chi connectivity index (χ1) is 9.58. The average molecular weight is 355 g/mol. The Morgan fingerprint density at radius 3 is 2.25 bits per heavy atom. The van der Waals surface area contributed by atoms with Crippen LogP contribution in [-0.4, -0.2) is 11.8 Å². The highest BCUT2D eigenvalue weighted by Crippen LogP contribution is 2.56. The number of amides is 2. The highest BCUT2D eigenvalue weighted by Gasteiger charge is 2.61. The lowest BCUT2D eigenvalue weighted by Crippen LogP contribution is -2.32. The molecule has 3 fully saturated rings. The van der Waals surface area contributed by atoms with Crippen molar-refractivity contribution < 1.29 is 9.59 Å². The lowest BCUT2D eigenvalue weighted by Gasteiger charge is -2.19. The van der Waals surface area contributed by atoms with E-state index in [1.165, 1.54) is 4.90 Å². The predicted octanol–water partition coefficient (Wildman–Crippen LogP) is 3.64. The van der Waals surface area contributed by atoms with Gasteiger partial charge >= 0.3 is 0 Å². The number of carbonyl (C=O) groups is 2. The normalized spacial score (nSPS) is 35.0. The van der Waals surface area contributed by atoms with E-state index in [1.54, 1.807) is 18.2 Å². The Morgan fingerprint density at radius 2 is 1.70 bits per heavy atom. The molecule has 1 saturated heterocycles. The number of imide groups is 1.